The minimum Gasteiger partial charge on any atom is -0.493 e. The number of nitrogens with zero attached hydrogens (tertiary/aromatic N) is 3. The van der Waals surface area contributed by atoms with Crippen LogP contribution in [0.25, 0.3) is 0 Å². The van der Waals surface area contributed by atoms with Crippen molar-refractivity contribution in [1.29, 1.82) is 0 Å². The summed E-state index contributed by atoms with van der Waals surface area (Å²) in [5, 5.41) is 24.6. The first-order chi connectivity index (χ1) is 21.9. The number of amides is 2. The largest absolute Gasteiger partial charge is 0.493 e. The Morgan fingerprint density at radius 3 is 2.24 bits per heavy atom. The van der Waals surface area contributed by atoms with E-state index in [9.17, 15) is 24.8 Å². The number of aliphatic hydroxyl groups excluding tert-OH is 1. The van der Waals surface area contributed by atoms with E-state index in [1.807, 2.05) is 30.3 Å². The number of hydrogen-bond donors (Lipinski definition) is 2. The fraction of sp³-hybridized carbons (Fsp3) is 0.176. The average molecular weight is 607 g/mol. The molecule has 2 N–H and O–H groups in total. The van der Waals surface area contributed by atoms with Gasteiger partial charge in [-0.3, -0.25) is 19.7 Å². The summed E-state index contributed by atoms with van der Waals surface area (Å²) in [7, 11) is 1.53. The molecule has 0 saturated carbocycles. The van der Waals surface area contributed by atoms with E-state index in [1.165, 1.54) is 31.4 Å². The number of non-ortho nitro benzene ring substituents is 1. The summed E-state index contributed by atoms with van der Waals surface area (Å²) in [5.74, 6) is -0.775. The third kappa shape index (κ3) is 5.86. The molecule has 0 aliphatic carbocycles. The van der Waals surface area contributed by atoms with Crippen LogP contribution in [0.3, 0.4) is 0 Å². The third-order valence-corrected chi connectivity index (χ3v) is 7.90. The Bertz CT molecular complexity index is 1730. The molecule has 11 nitrogen and oxygen atoms in total. The Labute approximate surface area is 259 Å². The van der Waals surface area contributed by atoms with Crippen LogP contribution in [0.4, 0.5) is 17.1 Å². The molecule has 1 fully saturated rings. The van der Waals surface area contributed by atoms with Gasteiger partial charge in [-0.05, 0) is 47.5 Å². The zero-order valence-corrected chi connectivity index (χ0v) is 24.2. The highest BCUT2D eigenvalue weighted by atomic mass is 16.6. The van der Waals surface area contributed by atoms with Gasteiger partial charge >= 0.3 is 0 Å². The van der Waals surface area contributed by atoms with Crippen LogP contribution in [-0.4, -0.2) is 46.0 Å². The van der Waals surface area contributed by atoms with Gasteiger partial charge in [-0.2, -0.15) is 0 Å². The molecule has 1 saturated heterocycles. The number of imide groups is 1. The van der Waals surface area contributed by atoms with Crippen LogP contribution in [0.2, 0.25) is 0 Å². The summed E-state index contributed by atoms with van der Waals surface area (Å²) in [6, 6.07) is 27.2. The maximum absolute atomic E-state index is 13.9. The van der Waals surface area contributed by atoms with E-state index in [4.69, 9.17) is 9.47 Å². The third-order valence-electron chi connectivity index (χ3n) is 7.90. The number of aliphatic hydroxyl groups is 1. The molecule has 4 unspecified atom stereocenters. The van der Waals surface area contributed by atoms with E-state index in [0.717, 1.165) is 10.5 Å². The Balaban J connectivity index is 1.34. The molecule has 45 heavy (non-hydrogen) atoms. The van der Waals surface area contributed by atoms with Crippen molar-refractivity contribution in [3.63, 3.8) is 0 Å². The lowest BCUT2D eigenvalue weighted by Gasteiger charge is -2.40. The van der Waals surface area contributed by atoms with Crippen molar-refractivity contribution in [2.45, 2.75) is 24.8 Å². The minimum atomic E-state index is -1.19. The molecule has 228 valence electrons. The van der Waals surface area contributed by atoms with Gasteiger partial charge in [-0.15, -0.1) is 0 Å². The zero-order valence-electron chi connectivity index (χ0n) is 24.2. The van der Waals surface area contributed by atoms with E-state index in [1.54, 1.807) is 65.7 Å². The highest BCUT2D eigenvalue weighted by Gasteiger charge is 2.54. The number of nitrogens with one attached hydrogen (secondary N) is 1. The molecule has 4 atom stereocenters. The first-order valence-corrected chi connectivity index (χ1v) is 14.3. The van der Waals surface area contributed by atoms with Gasteiger partial charge in [0.2, 0.25) is 5.91 Å². The van der Waals surface area contributed by atoms with E-state index < -0.39 is 40.8 Å². The molecule has 4 aromatic carbocycles. The number of hydrazine groups is 1. The summed E-state index contributed by atoms with van der Waals surface area (Å²) < 4.78 is 11.6. The van der Waals surface area contributed by atoms with Gasteiger partial charge in [-0.1, -0.05) is 66.7 Å². The molecule has 0 aromatic heterocycles. The van der Waals surface area contributed by atoms with E-state index in [0.29, 0.717) is 28.4 Å². The number of rotatable bonds is 10. The van der Waals surface area contributed by atoms with Crippen molar-refractivity contribution < 1.29 is 29.1 Å². The van der Waals surface area contributed by atoms with Crippen molar-refractivity contribution in [3.05, 3.63) is 137 Å². The van der Waals surface area contributed by atoms with Crippen LogP contribution in [0.15, 0.2) is 115 Å². The topological polar surface area (TPSA) is 134 Å². The molecule has 6 rings (SSSR count). The van der Waals surface area contributed by atoms with Crippen LogP contribution in [0, 0.1) is 16.0 Å². The number of nitro groups is 1. The molecule has 0 bridgehead atoms. The molecule has 2 aliphatic heterocycles. The molecule has 2 aliphatic rings. The maximum atomic E-state index is 13.9. The summed E-state index contributed by atoms with van der Waals surface area (Å²) in [6.07, 6.45) is 2.16. The monoisotopic (exact) mass is 606 g/mol. The quantitative estimate of drug-likeness (QED) is 0.110. The van der Waals surface area contributed by atoms with Crippen molar-refractivity contribution in [2.24, 2.45) is 5.92 Å². The number of fused-ring (bicyclic) bond motifs is 1. The Kier molecular flexibility index (Phi) is 8.28. The SMILES string of the molecule is COc1ccc(C(O)C2C=CC3C(=O)N(c4ccccc4)C(=O)C3N2Nc2ccc([N+](=O)[O-])cc2)cc1OCc1ccccc1. The number of nitro benzene ring substituents is 1. The van der Waals surface area contributed by atoms with Gasteiger partial charge in [0.25, 0.3) is 11.6 Å². The maximum Gasteiger partial charge on any atom is 0.269 e. The number of ether oxygens (including phenoxy) is 2. The smallest absolute Gasteiger partial charge is 0.269 e. The van der Waals surface area contributed by atoms with Crippen molar-refractivity contribution in [3.8, 4) is 11.5 Å². The summed E-state index contributed by atoms with van der Waals surface area (Å²) in [6.45, 7) is 0.281. The normalized spacial score (nSPS) is 20.0. The van der Waals surface area contributed by atoms with Gasteiger partial charge < -0.3 is 20.0 Å². The average Bonchev–Trinajstić information content (AvgIpc) is 3.33. The van der Waals surface area contributed by atoms with E-state index >= 15 is 0 Å². The second-order valence-electron chi connectivity index (χ2n) is 10.6. The highest BCUT2D eigenvalue weighted by molar-refractivity contribution is 6.24. The Hall–Kier alpha value is -5.52. The Morgan fingerprint density at radius 2 is 1.58 bits per heavy atom. The molecule has 0 radical (unpaired) electrons. The number of methoxy groups -OCH3 is 1. The first kappa shape index (κ1) is 29.5. The van der Waals surface area contributed by atoms with Crippen LogP contribution >= 0.6 is 0 Å². The zero-order chi connectivity index (χ0) is 31.5. The van der Waals surface area contributed by atoms with Gasteiger partial charge in [0.15, 0.2) is 11.5 Å². The van der Waals surface area contributed by atoms with Gasteiger partial charge in [0.05, 0.1) is 29.7 Å². The first-order valence-electron chi connectivity index (χ1n) is 14.3. The number of para-hydroxylation sites is 1. The summed E-state index contributed by atoms with van der Waals surface area (Å²) in [5.41, 5.74) is 5.39. The van der Waals surface area contributed by atoms with Gasteiger partial charge in [-0.25, -0.2) is 9.91 Å². The lowest BCUT2D eigenvalue weighted by Crippen LogP contribution is -2.55. The molecule has 4 aromatic rings. The van der Waals surface area contributed by atoms with Crippen LogP contribution in [0.5, 0.6) is 11.5 Å². The minimum absolute atomic E-state index is 0.0998. The predicted octanol–water partition coefficient (Wildman–Crippen LogP) is 5.04. The molecule has 2 amide bonds. The fourth-order valence-corrected chi connectivity index (χ4v) is 5.63. The highest BCUT2D eigenvalue weighted by Crippen LogP contribution is 2.39. The number of carbonyl (C=O) groups excluding carboxylic acids is 2. The number of anilines is 2. The molecular weight excluding hydrogens is 576 g/mol. The molecule has 2 heterocycles. The predicted molar refractivity (Wildman–Crippen MR) is 166 cm³/mol. The lowest BCUT2D eigenvalue weighted by molar-refractivity contribution is -0.384. The van der Waals surface area contributed by atoms with Crippen molar-refractivity contribution >= 4 is 28.9 Å². The summed E-state index contributed by atoms with van der Waals surface area (Å²) in [4.78, 5) is 39.4. The number of hydrogen-bond acceptors (Lipinski definition) is 9. The van der Waals surface area contributed by atoms with Crippen LogP contribution in [0.1, 0.15) is 17.2 Å². The van der Waals surface area contributed by atoms with Crippen LogP contribution < -0.4 is 19.8 Å². The van der Waals surface area contributed by atoms with Crippen LogP contribution in [-0.2, 0) is 16.2 Å². The van der Waals surface area contributed by atoms with E-state index in [-0.39, 0.29) is 12.3 Å². The molecule has 0 spiro atoms. The van der Waals surface area contributed by atoms with E-state index in [2.05, 4.69) is 5.43 Å². The number of benzene rings is 4. The summed E-state index contributed by atoms with van der Waals surface area (Å²) >= 11 is 0. The Morgan fingerprint density at radius 1 is 0.889 bits per heavy atom. The van der Waals surface area contributed by atoms with Gasteiger partial charge in [0, 0.05) is 17.8 Å². The molecule has 11 heteroatoms. The second kappa shape index (κ2) is 12.6. The lowest BCUT2D eigenvalue weighted by atomic mass is 9.90. The van der Waals surface area contributed by atoms with Crippen molar-refractivity contribution in [2.75, 3.05) is 17.4 Å². The number of carbonyl (C=O) groups is 2. The second-order valence-corrected chi connectivity index (χ2v) is 10.6. The molecular formula is C34H30N4O7. The standard InChI is InChI=1S/C34H30N4O7/c1-44-29-19-12-23(20-30(29)45-21-22-8-4-2-5-9-22)32(39)28-18-17-27-31(34(41)36(33(27)40)25-10-6-3-7-11-25)37(28)35-24-13-15-26(16-14-24)38(42)43/h2-20,27-28,31-32,35,39H,21H2,1H3. The fourth-order valence-electron chi connectivity index (χ4n) is 5.63. The van der Waals surface area contributed by atoms with Gasteiger partial charge in [0.1, 0.15) is 18.8 Å². The van der Waals surface area contributed by atoms with Crippen molar-refractivity contribution in [1.82, 2.24) is 5.01 Å².